The number of amides is 1. The van der Waals surface area contributed by atoms with Gasteiger partial charge < -0.3 is 4.90 Å². The van der Waals surface area contributed by atoms with Crippen molar-refractivity contribution in [2.45, 2.75) is 13.0 Å². The molecule has 0 saturated carbocycles. The Hall–Kier alpha value is -1.17. The largest absolute Gasteiger partial charge is 0.337 e. The fraction of sp³-hybridized carbons (Fsp3) is 0.353. The summed E-state index contributed by atoms with van der Waals surface area (Å²) < 4.78 is 1.01. The average molecular weight is 379 g/mol. The minimum absolute atomic E-state index is 0.156. The second-order valence-corrected chi connectivity index (χ2v) is 7.84. The molecule has 3 rings (SSSR count). The van der Waals surface area contributed by atoms with E-state index in [4.69, 9.17) is 0 Å². The van der Waals surface area contributed by atoms with Crippen LogP contribution in [0, 0.1) is 0 Å². The van der Waals surface area contributed by atoms with Crippen molar-refractivity contribution in [1.82, 2.24) is 9.80 Å². The predicted octanol–water partition coefficient (Wildman–Crippen LogP) is 3.86. The van der Waals surface area contributed by atoms with E-state index in [9.17, 15) is 4.79 Å². The van der Waals surface area contributed by atoms with Crippen LogP contribution in [-0.2, 0) is 6.54 Å². The van der Waals surface area contributed by atoms with Crippen LogP contribution in [0.1, 0.15) is 22.3 Å². The highest BCUT2D eigenvalue weighted by atomic mass is 79.9. The molecule has 1 aromatic carbocycles. The standard InChI is InChI=1S/C17H19BrN2OS/c18-16-11-15(13-22-16)17(21)20-8-4-7-19(9-10-20)12-14-5-2-1-3-6-14/h1-3,5-6,11,13H,4,7-10,12H2. The number of rotatable bonds is 3. The third-order valence-corrected chi connectivity index (χ3v) is 5.44. The second-order valence-electron chi connectivity index (χ2n) is 5.55. The molecule has 2 aromatic rings. The van der Waals surface area contributed by atoms with Gasteiger partial charge in [0.15, 0.2) is 0 Å². The molecule has 22 heavy (non-hydrogen) atoms. The van der Waals surface area contributed by atoms with Crippen molar-refractivity contribution in [3.05, 3.63) is 56.7 Å². The van der Waals surface area contributed by atoms with Crippen LogP contribution in [0.3, 0.4) is 0 Å². The molecule has 0 unspecified atom stereocenters. The summed E-state index contributed by atoms with van der Waals surface area (Å²) in [6, 6.07) is 12.5. The molecule has 3 nitrogen and oxygen atoms in total. The topological polar surface area (TPSA) is 23.6 Å². The zero-order valence-corrected chi connectivity index (χ0v) is 14.8. The minimum Gasteiger partial charge on any atom is -0.337 e. The summed E-state index contributed by atoms with van der Waals surface area (Å²) in [5.74, 6) is 0.156. The summed E-state index contributed by atoms with van der Waals surface area (Å²) in [5.41, 5.74) is 2.14. The molecule has 116 valence electrons. The second kappa shape index (κ2) is 7.40. The molecule has 1 aliphatic heterocycles. The Kier molecular flexibility index (Phi) is 5.28. The molecule has 0 spiro atoms. The first-order valence-corrected chi connectivity index (χ1v) is 9.19. The molecule has 1 aromatic heterocycles. The molecule has 1 saturated heterocycles. The van der Waals surface area contributed by atoms with Gasteiger partial charge in [0.05, 0.1) is 9.35 Å². The monoisotopic (exact) mass is 378 g/mol. The maximum atomic E-state index is 12.5. The molecule has 0 bridgehead atoms. The first kappa shape index (κ1) is 15.7. The molecule has 0 atom stereocenters. The van der Waals surface area contributed by atoms with Gasteiger partial charge >= 0.3 is 0 Å². The Morgan fingerprint density at radius 2 is 1.95 bits per heavy atom. The smallest absolute Gasteiger partial charge is 0.254 e. The predicted molar refractivity (Wildman–Crippen MR) is 94.3 cm³/mol. The fourth-order valence-corrected chi connectivity index (χ4v) is 3.91. The number of carbonyl (C=O) groups excluding carboxylic acids is 1. The average Bonchev–Trinajstić information content (AvgIpc) is 2.83. The van der Waals surface area contributed by atoms with Crippen molar-refractivity contribution in [3.63, 3.8) is 0 Å². The number of hydrogen-bond donors (Lipinski definition) is 0. The Bertz CT molecular complexity index is 629. The Morgan fingerprint density at radius 1 is 1.14 bits per heavy atom. The van der Waals surface area contributed by atoms with Gasteiger partial charge in [-0.3, -0.25) is 9.69 Å². The van der Waals surface area contributed by atoms with E-state index in [-0.39, 0.29) is 5.91 Å². The number of hydrogen-bond acceptors (Lipinski definition) is 3. The number of benzene rings is 1. The van der Waals surface area contributed by atoms with Gasteiger partial charge in [-0.15, -0.1) is 11.3 Å². The van der Waals surface area contributed by atoms with Crippen molar-refractivity contribution in [1.29, 1.82) is 0 Å². The highest BCUT2D eigenvalue weighted by Gasteiger charge is 2.21. The SMILES string of the molecule is O=C(c1csc(Br)c1)N1CCCN(Cc2ccccc2)CC1. The molecule has 5 heteroatoms. The van der Waals surface area contributed by atoms with Gasteiger partial charge in [-0.05, 0) is 34.0 Å². The lowest BCUT2D eigenvalue weighted by molar-refractivity contribution is 0.0761. The van der Waals surface area contributed by atoms with E-state index in [2.05, 4.69) is 45.1 Å². The first-order valence-electron chi connectivity index (χ1n) is 7.52. The van der Waals surface area contributed by atoms with Gasteiger partial charge in [0.1, 0.15) is 0 Å². The lowest BCUT2D eigenvalue weighted by Gasteiger charge is -2.21. The summed E-state index contributed by atoms with van der Waals surface area (Å²) in [7, 11) is 0. The minimum atomic E-state index is 0.156. The quantitative estimate of drug-likeness (QED) is 0.809. The maximum absolute atomic E-state index is 12.5. The third-order valence-electron chi connectivity index (χ3n) is 3.94. The Labute approximate surface area is 143 Å². The van der Waals surface area contributed by atoms with Crippen LogP contribution in [0.2, 0.25) is 0 Å². The highest BCUT2D eigenvalue weighted by Crippen LogP contribution is 2.22. The summed E-state index contributed by atoms with van der Waals surface area (Å²) in [6.07, 6.45) is 1.03. The van der Waals surface area contributed by atoms with E-state index in [0.717, 1.165) is 48.5 Å². The van der Waals surface area contributed by atoms with E-state index in [1.807, 2.05) is 22.4 Å². The van der Waals surface area contributed by atoms with Crippen LogP contribution in [0.5, 0.6) is 0 Å². The summed E-state index contributed by atoms with van der Waals surface area (Å²) in [5, 5.41) is 1.93. The number of carbonyl (C=O) groups is 1. The molecule has 1 amide bonds. The Morgan fingerprint density at radius 3 is 2.68 bits per heavy atom. The van der Waals surface area contributed by atoms with Crippen LogP contribution in [0.15, 0.2) is 45.6 Å². The molecule has 1 aliphatic rings. The Balaban J connectivity index is 1.59. The highest BCUT2D eigenvalue weighted by molar-refractivity contribution is 9.11. The van der Waals surface area contributed by atoms with Gasteiger partial charge in [-0.25, -0.2) is 0 Å². The van der Waals surface area contributed by atoms with E-state index in [1.165, 1.54) is 5.56 Å². The van der Waals surface area contributed by atoms with Crippen LogP contribution in [0.4, 0.5) is 0 Å². The molecular formula is C17H19BrN2OS. The van der Waals surface area contributed by atoms with Gasteiger partial charge in [0.2, 0.25) is 0 Å². The summed E-state index contributed by atoms with van der Waals surface area (Å²) in [6.45, 7) is 4.60. The number of thiophene rings is 1. The van der Waals surface area contributed by atoms with Crippen molar-refractivity contribution in [3.8, 4) is 0 Å². The number of halogens is 1. The maximum Gasteiger partial charge on any atom is 0.254 e. The summed E-state index contributed by atoms with van der Waals surface area (Å²) >= 11 is 4.99. The van der Waals surface area contributed by atoms with Gasteiger partial charge in [0, 0.05) is 38.1 Å². The first-order chi connectivity index (χ1) is 10.7. The van der Waals surface area contributed by atoms with Gasteiger partial charge in [-0.1, -0.05) is 30.3 Å². The third kappa shape index (κ3) is 3.97. The lowest BCUT2D eigenvalue weighted by Crippen LogP contribution is -2.34. The zero-order chi connectivity index (χ0) is 15.4. The van der Waals surface area contributed by atoms with E-state index in [1.54, 1.807) is 11.3 Å². The van der Waals surface area contributed by atoms with Crippen molar-refractivity contribution < 1.29 is 4.79 Å². The van der Waals surface area contributed by atoms with Crippen LogP contribution in [-0.4, -0.2) is 41.9 Å². The molecule has 0 aliphatic carbocycles. The number of nitrogens with zero attached hydrogens (tertiary/aromatic N) is 2. The zero-order valence-electron chi connectivity index (χ0n) is 12.4. The van der Waals surface area contributed by atoms with E-state index in [0.29, 0.717) is 0 Å². The molecule has 1 fully saturated rings. The van der Waals surface area contributed by atoms with Crippen molar-refractivity contribution >= 4 is 33.2 Å². The van der Waals surface area contributed by atoms with Gasteiger partial charge in [0.25, 0.3) is 5.91 Å². The van der Waals surface area contributed by atoms with E-state index < -0.39 is 0 Å². The molecular weight excluding hydrogens is 360 g/mol. The fourth-order valence-electron chi connectivity index (χ4n) is 2.78. The van der Waals surface area contributed by atoms with Gasteiger partial charge in [-0.2, -0.15) is 0 Å². The summed E-state index contributed by atoms with van der Waals surface area (Å²) in [4.78, 5) is 16.9. The van der Waals surface area contributed by atoms with Crippen molar-refractivity contribution in [2.24, 2.45) is 0 Å². The molecule has 2 heterocycles. The van der Waals surface area contributed by atoms with Crippen LogP contribution >= 0.6 is 27.3 Å². The van der Waals surface area contributed by atoms with E-state index >= 15 is 0 Å². The lowest BCUT2D eigenvalue weighted by atomic mass is 10.2. The van der Waals surface area contributed by atoms with Crippen molar-refractivity contribution in [2.75, 3.05) is 26.2 Å². The van der Waals surface area contributed by atoms with Crippen LogP contribution in [0.25, 0.3) is 0 Å². The van der Waals surface area contributed by atoms with Crippen LogP contribution < -0.4 is 0 Å². The normalized spacial score (nSPS) is 16.5. The molecule has 0 N–H and O–H groups in total. The molecule has 0 radical (unpaired) electrons.